The molecule has 0 spiro atoms. The number of benzene rings is 4. The van der Waals surface area contributed by atoms with Crippen molar-refractivity contribution in [3.05, 3.63) is 117 Å². The van der Waals surface area contributed by atoms with Gasteiger partial charge in [-0.15, -0.1) is 0 Å². The first-order valence-electron chi connectivity index (χ1n) is 11.1. The van der Waals surface area contributed by atoms with Gasteiger partial charge in [-0.05, 0) is 93.4 Å². The third-order valence-electron chi connectivity index (χ3n) is 6.87. The van der Waals surface area contributed by atoms with E-state index in [9.17, 15) is 0 Å². The lowest BCUT2D eigenvalue weighted by molar-refractivity contribution is 0.563. The summed E-state index contributed by atoms with van der Waals surface area (Å²) in [5.74, 6) is 0.592. The molecule has 6 rings (SSSR count). The van der Waals surface area contributed by atoms with Gasteiger partial charge < -0.3 is 4.57 Å². The van der Waals surface area contributed by atoms with Gasteiger partial charge in [-0.2, -0.15) is 0 Å². The standard InChI is InChI=1S/C29H24IN/c30-25-14-9-20(10-15-25)19-31-28-8-4-3-7-26(28)27-18-24(13-16-29(27)31)23-12-11-21-5-1-2-6-22(21)17-23/h1-12,14-15,17,24H,13,16,18-19H2/t24-/m0/s1. The number of halogens is 1. The molecule has 1 atom stereocenters. The van der Waals surface area contributed by atoms with Crippen LogP contribution in [0.25, 0.3) is 21.7 Å². The van der Waals surface area contributed by atoms with Gasteiger partial charge in [0.1, 0.15) is 0 Å². The van der Waals surface area contributed by atoms with Gasteiger partial charge in [0.05, 0.1) is 0 Å². The molecule has 0 bridgehead atoms. The second-order valence-corrected chi connectivity index (χ2v) is 9.95. The van der Waals surface area contributed by atoms with Crippen molar-refractivity contribution in [1.29, 1.82) is 0 Å². The largest absolute Gasteiger partial charge is 0.340 e. The van der Waals surface area contributed by atoms with E-state index in [1.165, 1.54) is 48.5 Å². The molecular weight excluding hydrogens is 489 g/mol. The minimum atomic E-state index is 0.592. The van der Waals surface area contributed by atoms with Crippen molar-refractivity contribution in [3.63, 3.8) is 0 Å². The first-order chi connectivity index (χ1) is 15.3. The highest BCUT2D eigenvalue weighted by Crippen LogP contribution is 2.39. The average Bonchev–Trinajstić information content (AvgIpc) is 3.13. The molecule has 31 heavy (non-hydrogen) atoms. The number of para-hydroxylation sites is 1. The summed E-state index contributed by atoms with van der Waals surface area (Å²) >= 11 is 2.38. The van der Waals surface area contributed by atoms with Gasteiger partial charge in [-0.25, -0.2) is 0 Å². The molecule has 0 fully saturated rings. The van der Waals surface area contributed by atoms with Crippen molar-refractivity contribution in [3.8, 4) is 0 Å². The van der Waals surface area contributed by atoms with Crippen molar-refractivity contribution >= 4 is 44.3 Å². The first-order valence-corrected chi connectivity index (χ1v) is 12.2. The summed E-state index contributed by atoms with van der Waals surface area (Å²) in [6.07, 6.45) is 3.49. The van der Waals surface area contributed by atoms with Crippen LogP contribution in [0.2, 0.25) is 0 Å². The van der Waals surface area contributed by atoms with Crippen molar-refractivity contribution in [2.24, 2.45) is 0 Å². The summed E-state index contributed by atoms with van der Waals surface area (Å²) in [5.41, 5.74) is 7.34. The first kappa shape index (κ1) is 19.1. The zero-order valence-corrected chi connectivity index (χ0v) is 19.5. The van der Waals surface area contributed by atoms with E-state index in [2.05, 4.69) is 118 Å². The molecule has 5 aromatic rings. The van der Waals surface area contributed by atoms with Crippen LogP contribution in [0.1, 0.15) is 34.7 Å². The Kier molecular flexibility index (Phi) is 4.83. The third-order valence-corrected chi connectivity index (χ3v) is 7.59. The van der Waals surface area contributed by atoms with E-state index in [1.807, 2.05) is 0 Å². The zero-order valence-electron chi connectivity index (χ0n) is 17.4. The molecule has 0 unspecified atom stereocenters. The SMILES string of the molecule is Ic1ccc(Cn2c3c(c4ccccc42)C[C@@H](c2ccc4ccccc4c2)CC3)cc1. The van der Waals surface area contributed by atoms with Crippen molar-refractivity contribution < 1.29 is 0 Å². The molecule has 1 nitrogen and oxygen atoms in total. The number of hydrogen-bond donors (Lipinski definition) is 0. The lowest BCUT2D eigenvalue weighted by Crippen LogP contribution is -2.15. The topological polar surface area (TPSA) is 4.93 Å². The minimum absolute atomic E-state index is 0.592. The van der Waals surface area contributed by atoms with Crippen LogP contribution in [-0.2, 0) is 19.4 Å². The Morgan fingerprint density at radius 3 is 2.45 bits per heavy atom. The highest BCUT2D eigenvalue weighted by molar-refractivity contribution is 14.1. The minimum Gasteiger partial charge on any atom is -0.340 e. The fraction of sp³-hybridized carbons (Fsp3) is 0.172. The van der Waals surface area contributed by atoms with E-state index in [0.29, 0.717) is 5.92 Å². The van der Waals surface area contributed by atoms with Crippen LogP contribution in [-0.4, -0.2) is 4.57 Å². The molecule has 1 aliphatic rings. The predicted molar refractivity (Wildman–Crippen MR) is 139 cm³/mol. The summed E-state index contributed by atoms with van der Waals surface area (Å²) < 4.78 is 3.86. The highest BCUT2D eigenvalue weighted by Gasteiger charge is 2.26. The van der Waals surface area contributed by atoms with E-state index in [1.54, 1.807) is 5.56 Å². The quantitative estimate of drug-likeness (QED) is 0.218. The Bertz CT molecular complexity index is 1390. The lowest BCUT2D eigenvalue weighted by Gasteiger charge is -2.25. The maximum absolute atomic E-state index is 2.57. The van der Waals surface area contributed by atoms with Crippen LogP contribution in [0.5, 0.6) is 0 Å². The fourth-order valence-corrected chi connectivity index (χ4v) is 5.66. The zero-order chi connectivity index (χ0) is 20.8. The molecule has 152 valence electrons. The Hall–Kier alpha value is -2.59. The number of rotatable bonds is 3. The smallest absolute Gasteiger partial charge is 0.0488 e. The monoisotopic (exact) mass is 513 g/mol. The summed E-state index contributed by atoms with van der Waals surface area (Å²) in [5, 5.41) is 4.12. The fourth-order valence-electron chi connectivity index (χ4n) is 5.30. The molecule has 0 radical (unpaired) electrons. The number of nitrogens with zero attached hydrogens (tertiary/aromatic N) is 1. The van der Waals surface area contributed by atoms with Gasteiger partial charge in [-0.3, -0.25) is 0 Å². The normalized spacial score (nSPS) is 16.0. The number of fused-ring (bicyclic) bond motifs is 4. The van der Waals surface area contributed by atoms with Gasteiger partial charge >= 0.3 is 0 Å². The van der Waals surface area contributed by atoms with Gasteiger partial charge in [0.25, 0.3) is 0 Å². The molecule has 4 aromatic carbocycles. The van der Waals surface area contributed by atoms with Crippen LogP contribution in [0.4, 0.5) is 0 Å². The molecule has 2 heteroatoms. The summed E-state index contributed by atoms with van der Waals surface area (Å²) in [7, 11) is 0. The molecular formula is C29H24IN. The number of aromatic nitrogens is 1. The summed E-state index contributed by atoms with van der Waals surface area (Å²) in [6.45, 7) is 0.952. The van der Waals surface area contributed by atoms with Gasteiger partial charge in [0.15, 0.2) is 0 Å². The van der Waals surface area contributed by atoms with Gasteiger partial charge in [-0.1, -0.05) is 72.8 Å². The van der Waals surface area contributed by atoms with E-state index in [-0.39, 0.29) is 0 Å². The summed E-state index contributed by atoms with van der Waals surface area (Å²) in [4.78, 5) is 0. The van der Waals surface area contributed by atoms with Crippen molar-refractivity contribution in [2.75, 3.05) is 0 Å². The summed E-state index contributed by atoms with van der Waals surface area (Å²) in [6, 6.07) is 33.7. The molecule has 1 aromatic heterocycles. The Morgan fingerprint density at radius 1 is 0.806 bits per heavy atom. The van der Waals surface area contributed by atoms with Gasteiger partial charge in [0, 0.05) is 26.7 Å². The molecule has 0 saturated carbocycles. The maximum atomic E-state index is 2.57. The molecule has 0 amide bonds. The molecule has 0 aliphatic heterocycles. The van der Waals surface area contributed by atoms with Crippen LogP contribution in [0, 0.1) is 3.57 Å². The highest BCUT2D eigenvalue weighted by atomic mass is 127. The van der Waals surface area contributed by atoms with Crippen molar-refractivity contribution in [2.45, 2.75) is 31.7 Å². The molecule has 0 N–H and O–H groups in total. The second kappa shape index (κ2) is 7.83. The van der Waals surface area contributed by atoms with Crippen LogP contribution in [0.3, 0.4) is 0 Å². The predicted octanol–water partition coefficient (Wildman–Crippen LogP) is 7.72. The van der Waals surface area contributed by atoms with E-state index in [0.717, 1.165) is 19.4 Å². The third kappa shape index (κ3) is 3.47. The Labute approximate surface area is 196 Å². The average molecular weight is 513 g/mol. The molecule has 1 aliphatic carbocycles. The van der Waals surface area contributed by atoms with Gasteiger partial charge in [0.2, 0.25) is 0 Å². The maximum Gasteiger partial charge on any atom is 0.0488 e. The lowest BCUT2D eigenvalue weighted by atomic mass is 9.81. The van der Waals surface area contributed by atoms with Crippen LogP contribution < -0.4 is 0 Å². The van der Waals surface area contributed by atoms with Crippen LogP contribution >= 0.6 is 22.6 Å². The number of hydrogen-bond acceptors (Lipinski definition) is 0. The van der Waals surface area contributed by atoms with Crippen molar-refractivity contribution in [1.82, 2.24) is 4.57 Å². The van der Waals surface area contributed by atoms with E-state index >= 15 is 0 Å². The molecule has 0 saturated heterocycles. The Morgan fingerprint density at radius 2 is 1.58 bits per heavy atom. The van der Waals surface area contributed by atoms with E-state index in [4.69, 9.17) is 0 Å². The van der Waals surface area contributed by atoms with E-state index < -0.39 is 0 Å². The molecule has 1 heterocycles. The second-order valence-electron chi connectivity index (χ2n) is 8.70. The van der Waals surface area contributed by atoms with Crippen LogP contribution in [0.15, 0.2) is 91.0 Å². The Balaban J connectivity index is 1.40.